The van der Waals surface area contributed by atoms with Crippen molar-refractivity contribution in [1.82, 2.24) is 19.5 Å². The number of anilines is 3. The first kappa shape index (κ1) is 28.0. The van der Waals surface area contributed by atoms with Gasteiger partial charge in [-0.3, -0.25) is 14.5 Å². The van der Waals surface area contributed by atoms with E-state index in [9.17, 15) is 9.59 Å². The molecule has 4 aromatic rings. The van der Waals surface area contributed by atoms with Gasteiger partial charge in [-0.2, -0.15) is 4.98 Å². The molecule has 1 spiro atoms. The Morgan fingerprint density at radius 2 is 1.81 bits per heavy atom. The Morgan fingerprint density at radius 1 is 1.10 bits per heavy atom. The molecule has 2 aliphatic rings. The maximum Gasteiger partial charge on any atom is 0.280 e. The maximum atomic E-state index is 14.5. The second kappa shape index (κ2) is 9.99. The van der Waals surface area contributed by atoms with Crippen molar-refractivity contribution < 1.29 is 14.3 Å². The quantitative estimate of drug-likeness (QED) is 0.293. The van der Waals surface area contributed by atoms with Crippen LogP contribution in [0, 0.1) is 6.92 Å². The lowest BCUT2D eigenvalue weighted by Crippen LogP contribution is -2.51. The normalized spacial score (nSPS) is 17.2. The second-order valence-electron chi connectivity index (χ2n) is 10.6. The minimum absolute atomic E-state index is 0.146. The number of methoxy groups -OCH3 is 1. The van der Waals surface area contributed by atoms with Crippen molar-refractivity contribution in [1.29, 1.82) is 0 Å². The number of hydrogen-bond acceptors (Lipinski definition) is 7. The Hall–Kier alpha value is -4.15. The Labute approximate surface area is 253 Å². The number of amides is 2. The monoisotopic (exact) mass is 605 g/mol. The number of fused-ring (bicyclic) bond motifs is 4. The molecule has 0 radical (unpaired) electrons. The van der Waals surface area contributed by atoms with Gasteiger partial charge in [-0.05, 0) is 57.5 Å². The summed E-state index contributed by atoms with van der Waals surface area (Å²) in [6.07, 6.45) is 1.64. The molecule has 2 amide bonds. The highest BCUT2D eigenvalue weighted by Gasteiger charge is 2.64. The lowest BCUT2D eigenvalue weighted by molar-refractivity contribution is -0.119. The van der Waals surface area contributed by atoms with Gasteiger partial charge in [0.15, 0.2) is 11.2 Å². The zero-order valence-corrected chi connectivity index (χ0v) is 25.5. The molecule has 2 aromatic carbocycles. The van der Waals surface area contributed by atoms with Crippen LogP contribution in [0.2, 0.25) is 10.0 Å². The Morgan fingerprint density at radius 3 is 2.50 bits per heavy atom. The lowest BCUT2D eigenvalue weighted by atomic mass is 9.86. The molecule has 6 rings (SSSR count). The molecule has 4 heterocycles. The maximum absolute atomic E-state index is 14.5. The summed E-state index contributed by atoms with van der Waals surface area (Å²) in [5.74, 6) is 0.379. The average molecular weight is 607 g/mol. The number of hydrogen-bond donors (Lipinski definition) is 1. The van der Waals surface area contributed by atoms with Gasteiger partial charge in [-0.1, -0.05) is 35.3 Å². The Kier molecular flexibility index (Phi) is 6.66. The van der Waals surface area contributed by atoms with E-state index >= 15 is 0 Å². The van der Waals surface area contributed by atoms with Crippen molar-refractivity contribution in [2.45, 2.75) is 39.3 Å². The summed E-state index contributed by atoms with van der Waals surface area (Å²) in [4.78, 5) is 46.4. The first-order valence-corrected chi connectivity index (χ1v) is 14.3. The highest BCUT2D eigenvalue weighted by atomic mass is 35.5. The number of carbonyl (C=O) groups excluding carboxylic acids is 2. The van der Waals surface area contributed by atoms with Gasteiger partial charge < -0.3 is 19.5 Å². The van der Waals surface area contributed by atoms with Gasteiger partial charge in [0, 0.05) is 47.1 Å². The van der Waals surface area contributed by atoms with Crippen molar-refractivity contribution in [2.75, 3.05) is 35.8 Å². The highest BCUT2D eigenvalue weighted by molar-refractivity contribution is 6.32. The van der Waals surface area contributed by atoms with Gasteiger partial charge >= 0.3 is 0 Å². The number of aryl methyl sites for hydroxylation is 1. The molecule has 0 saturated carbocycles. The molecule has 216 valence electrons. The molecule has 0 unspecified atom stereocenters. The third-order valence-corrected chi connectivity index (χ3v) is 8.33. The standard InChI is InChI=1S/C30H29Cl2N7O3/c1-7-37(5)29-33-14-19(26(36-29)42-6)25-35-23-24(38(25)15(2)3)30(20-11-10-17(31)12-21(20)34-28(30)41)39(27(23)40)22-13-18(32)9-8-16(22)4/h8-15H,7H2,1-6H3,(H,34,41)/t30-/m1/s1. The summed E-state index contributed by atoms with van der Waals surface area (Å²) in [6.45, 7) is 8.51. The van der Waals surface area contributed by atoms with Gasteiger partial charge in [0.25, 0.3) is 11.8 Å². The summed E-state index contributed by atoms with van der Waals surface area (Å²) < 4.78 is 7.59. The van der Waals surface area contributed by atoms with E-state index in [4.69, 9.17) is 32.9 Å². The molecule has 0 saturated heterocycles. The van der Waals surface area contributed by atoms with Crippen molar-refractivity contribution in [3.05, 3.63) is 75.2 Å². The fourth-order valence-corrected chi connectivity index (χ4v) is 6.16. The first-order chi connectivity index (χ1) is 20.0. The number of nitrogens with one attached hydrogen (secondary N) is 1. The van der Waals surface area contributed by atoms with E-state index in [1.165, 1.54) is 12.0 Å². The van der Waals surface area contributed by atoms with Crippen molar-refractivity contribution in [3.8, 4) is 17.3 Å². The number of nitrogens with zero attached hydrogens (tertiary/aromatic N) is 6. The van der Waals surface area contributed by atoms with Crippen LogP contribution in [-0.2, 0) is 10.3 Å². The van der Waals surface area contributed by atoms with Gasteiger partial charge in [0.05, 0.1) is 24.1 Å². The average Bonchev–Trinajstić information content (AvgIpc) is 3.57. The van der Waals surface area contributed by atoms with E-state index in [1.807, 2.05) is 50.3 Å². The number of benzene rings is 2. The van der Waals surface area contributed by atoms with E-state index in [0.29, 0.717) is 62.4 Å². The minimum atomic E-state index is -1.59. The van der Waals surface area contributed by atoms with Crippen LogP contribution in [0.3, 0.4) is 0 Å². The van der Waals surface area contributed by atoms with Crippen molar-refractivity contribution in [3.63, 3.8) is 0 Å². The molecule has 2 aliphatic heterocycles. The predicted molar refractivity (Wildman–Crippen MR) is 163 cm³/mol. The van der Waals surface area contributed by atoms with E-state index in [1.54, 1.807) is 36.5 Å². The van der Waals surface area contributed by atoms with Crippen LogP contribution in [0.4, 0.5) is 17.3 Å². The van der Waals surface area contributed by atoms with Crippen LogP contribution in [0.5, 0.6) is 5.88 Å². The second-order valence-corrected chi connectivity index (χ2v) is 11.5. The molecular formula is C30H29Cl2N7O3. The van der Waals surface area contributed by atoms with Crippen LogP contribution in [0.1, 0.15) is 54.1 Å². The predicted octanol–water partition coefficient (Wildman–Crippen LogP) is 5.86. The van der Waals surface area contributed by atoms with Crippen LogP contribution in [0.25, 0.3) is 11.4 Å². The van der Waals surface area contributed by atoms with Gasteiger partial charge in [-0.15, -0.1) is 0 Å². The number of rotatable bonds is 6. The van der Waals surface area contributed by atoms with Crippen LogP contribution in [-0.4, -0.2) is 52.0 Å². The van der Waals surface area contributed by atoms with E-state index in [2.05, 4.69) is 15.3 Å². The number of aromatic nitrogens is 4. The summed E-state index contributed by atoms with van der Waals surface area (Å²) in [5.41, 5.74) is 1.87. The number of carbonyl (C=O) groups is 2. The molecule has 0 bridgehead atoms. The zero-order valence-electron chi connectivity index (χ0n) is 24.0. The van der Waals surface area contributed by atoms with Crippen LogP contribution < -0.4 is 19.9 Å². The number of imidazole rings is 1. The number of ether oxygens (including phenoxy) is 1. The summed E-state index contributed by atoms with van der Waals surface area (Å²) >= 11 is 12.8. The summed E-state index contributed by atoms with van der Waals surface area (Å²) in [7, 11) is 3.41. The fraction of sp³-hybridized carbons (Fsp3) is 0.300. The molecule has 0 aliphatic carbocycles. The largest absolute Gasteiger partial charge is 0.480 e. The third-order valence-electron chi connectivity index (χ3n) is 7.86. The molecule has 1 atom stereocenters. The molecular weight excluding hydrogens is 577 g/mol. The van der Waals surface area contributed by atoms with Crippen LogP contribution >= 0.6 is 23.2 Å². The molecule has 42 heavy (non-hydrogen) atoms. The van der Waals surface area contributed by atoms with Crippen molar-refractivity contribution >= 4 is 52.3 Å². The third kappa shape index (κ3) is 3.81. The number of halogens is 2. The highest BCUT2D eigenvalue weighted by Crippen LogP contribution is 2.55. The lowest BCUT2D eigenvalue weighted by Gasteiger charge is -2.36. The van der Waals surface area contributed by atoms with E-state index < -0.39 is 17.4 Å². The zero-order chi connectivity index (χ0) is 30.1. The summed E-state index contributed by atoms with van der Waals surface area (Å²) in [5, 5.41) is 3.88. The van der Waals surface area contributed by atoms with Gasteiger partial charge in [-0.25, -0.2) is 9.97 Å². The molecule has 10 nitrogen and oxygen atoms in total. The van der Waals surface area contributed by atoms with Gasteiger partial charge in [0.1, 0.15) is 5.82 Å². The first-order valence-electron chi connectivity index (χ1n) is 13.5. The van der Waals surface area contributed by atoms with E-state index in [-0.39, 0.29) is 11.7 Å². The van der Waals surface area contributed by atoms with E-state index in [0.717, 1.165) is 5.56 Å². The molecule has 0 fully saturated rings. The fourth-order valence-electron chi connectivity index (χ4n) is 5.82. The SMILES string of the molecule is CCN(C)c1ncc(-c2nc3c(n2C(C)C)[C@]2(C(=O)Nc4cc(Cl)ccc42)N(c2cc(Cl)ccc2C)C3=O)c(OC)n1. The van der Waals surface area contributed by atoms with Crippen LogP contribution in [0.15, 0.2) is 42.6 Å². The minimum Gasteiger partial charge on any atom is -0.480 e. The van der Waals surface area contributed by atoms with Crippen molar-refractivity contribution in [2.24, 2.45) is 0 Å². The molecule has 12 heteroatoms. The Balaban J connectivity index is 1.70. The van der Waals surface area contributed by atoms with Gasteiger partial charge in [0.2, 0.25) is 11.8 Å². The summed E-state index contributed by atoms with van der Waals surface area (Å²) in [6, 6.07) is 10.2. The Bertz CT molecular complexity index is 1790. The molecule has 2 aromatic heterocycles. The topological polar surface area (TPSA) is 105 Å². The smallest absolute Gasteiger partial charge is 0.280 e. The molecule has 1 N–H and O–H groups in total.